The number of hydrogen-bond acceptors (Lipinski definition) is 2. The van der Waals surface area contributed by atoms with E-state index in [9.17, 15) is 0 Å². The van der Waals surface area contributed by atoms with Crippen LogP contribution in [0.25, 0.3) is 94.3 Å². The smallest absolute Gasteiger partial charge is 0.252 e. The fraction of sp³-hybridized carbons (Fsp3) is 0.0217. The molecule has 3 heterocycles. The number of anilines is 6. The molecule has 0 bridgehead atoms. The van der Waals surface area contributed by atoms with Crippen LogP contribution in [0.4, 0.5) is 34.1 Å². The van der Waals surface area contributed by atoms with Crippen LogP contribution in [0.1, 0.15) is 44.5 Å². The molecule has 96 heavy (non-hydrogen) atoms. The highest BCUT2D eigenvalue weighted by atomic mass is 15.2. The molecule has 15 aromatic carbocycles. The number of rotatable bonds is 5. The second kappa shape index (κ2) is 19.2. The third-order valence-corrected chi connectivity index (χ3v) is 22.6. The van der Waals surface area contributed by atoms with Gasteiger partial charge in [0.15, 0.2) is 0 Å². The molecule has 22 rings (SSSR count). The normalized spacial score (nSPS) is 14.4. The van der Waals surface area contributed by atoms with Crippen molar-refractivity contribution < 1.29 is 0 Å². The van der Waals surface area contributed by atoms with Gasteiger partial charge in [0, 0.05) is 44.8 Å². The molecule has 6 aliphatic rings. The van der Waals surface area contributed by atoms with Crippen molar-refractivity contribution >= 4 is 79.0 Å². The Hall–Kier alpha value is -12.2. The van der Waals surface area contributed by atoms with Gasteiger partial charge in [-0.2, -0.15) is 0 Å². The van der Waals surface area contributed by atoms with Crippen molar-refractivity contribution in [3.63, 3.8) is 0 Å². The van der Waals surface area contributed by atoms with Gasteiger partial charge in [-0.25, -0.2) is 0 Å². The van der Waals surface area contributed by atoms with Crippen LogP contribution in [0.2, 0.25) is 0 Å². The van der Waals surface area contributed by atoms with Crippen LogP contribution in [-0.4, -0.2) is 11.3 Å². The monoisotopic (exact) mass is 1210 g/mol. The Morgan fingerprint density at radius 2 is 0.646 bits per heavy atom. The minimum atomic E-state index is -0.661. The Kier molecular flexibility index (Phi) is 10.5. The lowest BCUT2D eigenvalue weighted by molar-refractivity contribution is 0.792. The quantitative estimate of drug-likeness (QED) is 0.159. The zero-order chi connectivity index (χ0) is 62.5. The van der Waals surface area contributed by atoms with E-state index in [0.29, 0.717) is 0 Å². The van der Waals surface area contributed by atoms with E-state index in [1.807, 2.05) is 0 Å². The molecule has 0 unspecified atom stereocenters. The molecule has 4 aliphatic carbocycles. The maximum Gasteiger partial charge on any atom is 0.252 e. The highest BCUT2D eigenvalue weighted by Crippen LogP contribution is 2.67. The maximum absolute atomic E-state index is 2.77. The summed E-state index contributed by atoms with van der Waals surface area (Å²) in [4.78, 5) is 5.38. The summed E-state index contributed by atoms with van der Waals surface area (Å²) in [5.41, 5.74) is 38.4. The van der Waals surface area contributed by atoms with Crippen LogP contribution < -0.4 is 26.2 Å². The topological polar surface area (TPSA) is 11.4 Å². The molecule has 0 N–H and O–H groups in total. The molecule has 4 heteroatoms. The second-order valence-electron chi connectivity index (χ2n) is 26.9. The summed E-state index contributed by atoms with van der Waals surface area (Å²) in [7, 11) is 0. The lowest BCUT2D eigenvalue weighted by atomic mass is 9.33. The van der Waals surface area contributed by atoms with Gasteiger partial charge >= 0.3 is 0 Å². The molecule has 2 aliphatic heterocycles. The van der Waals surface area contributed by atoms with Crippen molar-refractivity contribution in [2.75, 3.05) is 9.80 Å². The third kappa shape index (κ3) is 6.58. The number of nitrogens with zero attached hydrogens (tertiary/aromatic N) is 3. The third-order valence-electron chi connectivity index (χ3n) is 22.6. The zero-order valence-electron chi connectivity index (χ0n) is 52.3. The Bertz CT molecular complexity index is 5900. The van der Waals surface area contributed by atoms with E-state index in [2.05, 4.69) is 354 Å². The van der Waals surface area contributed by atoms with Gasteiger partial charge in [0.2, 0.25) is 0 Å². The predicted molar refractivity (Wildman–Crippen MR) is 398 cm³/mol. The van der Waals surface area contributed by atoms with Gasteiger partial charge in [0.05, 0.1) is 33.2 Å². The second-order valence-corrected chi connectivity index (χ2v) is 26.9. The average Bonchev–Trinajstić information content (AvgIpc) is 1.47. The van der Waals surface area contributed by atoms with E-state index >= 15 is 0 Å². The Balaban J connectivity index is 0.925. The summed E-state index contributed by atoms with van der Waals surface area (Å²) in [5, 5.41) is 2.45. The standard InChI is InChI=1S/C92H56BN3/c1-3-24-57(25-4-1)59-46-49-61(50-47-59)94-84-51-48-60(58-26-5-2-6-27-58)52-80(84)93-81-56-79-72(68-33-12-17-39-75(68)91(79)73-37-15-7-28-63(73)64-29-8-16-38-74(64)91)55-86(81)96(88-54-62(53-87(94)90(88)93)95-82-43-21-13-34-69(82)70-35-14-22-44-83(70)95)85-45-23-36-71-67-32-11-20-42-78(67)92(89(71)85)76-40-18-9-30-65(76)66-31-10-19-41-77(66)92/h1-56H. The minimum absolute atomic E-state index is 0.235. The van der Waals surface area contributed by atoms with Crippen LogP contribution >= 0.6 is 0 Å². The van der Waals surface area contributed by atoms with Crippen molar-refractivity contribution in [3.05, 3.63) is 384 Å². The van der Waals surface area contributed by atoms with Gasteiger partial charge in [-0.05, 0) is 177 Å². The van der Waals surface area contributed by atoms with Crippen LogP contribution in [0.3, 0.4) is 0 Å². The van der Waals surface area contributed by atoms with Gasteiger partial charge in [-0.3, -0.25) is 0 Å². The molecule has 16 aromatic rings. The molecule has 0 amide bonds. The molecule has 0 radical (unpaired) electrons. The van der Waals surface area contributed by atoms with E-state index in [1.165, 1.54) is 155 Å². The fourth-order valence-corrected chi connectivity index (χ4v) is 19.0. The Morgan fingerprint density at radius 3 is 1.20 bits per heavy atom. The first-order valence-corrected chi connectivity index (χ1v) is 33.7. The molecular weight excluding hydrogens is 1160 g/mol. The molecule has 0 fully saturated rings. The highest BCUT2D eigenvalue weighted by Gasteiger charge is 2.57. The SMILES string of the molecule is c1ccc(-c2ccc(N3c4ccc(-c5ccccc5)cc4B4c5cc6c(cc5N(c5cccc7c5C5(c8ccccc8-c8ccccc85)c5ccccc5-7)c5cc(-n7c8ccccc8c8ccccc87)cc3c54)-c3ccccc3C63c4ccccc4-c4ccccc43)cc2)cc1. The maximum atomic E-state index is 2.77. The molecule has 442 valence electrons. The number of aromatic nitrogens is 1. The first-order valence-electron chi connectivity index (χ1n) is 33.7. The summed E-state index contributed by atoms with van der Waals surface area (Å²) in [5.74, 6) is 0. The van der Waals surface area contributed by atoms with E-state index in [-0.39, 0.29) is 6.71 Å². The van der Waals surface area contributed by atoms with Crippen LogP contribution in [0, 0.1) is 0 Å². The van der Waals surface area contributed by atoms with Gasteiger partial charge in [-0.15, -0.1) is 0 Å². The summed E-state index contributed by atoms with van der Waals surface area (Å²) >= 11 is 0. The van der Waals surface area contributed by atoms with E-state index in [0.717, 1.165) is 34.1 Å². The van der Waals surface area contributed by atoms with Crippen molar-refractivity contribution in [2.45, 2.75) is 10.8 Å². The lowest BCUT2D eigenvalue weighted by Crippen LogP contribution is -2.61. The van der Waals surface area contributed by atoms with E-state index in [4.69, 9.17) is 0 Å². The Labute approximate surface area is 557 Å². The molecule has 3 nitrogen and oxygen atoms in total. The largest absolute Gasteiger partial charge is 0.311 e. The van der Waals surface area contributed by atoms with Crippen molar-refractivity contribution in [3.8, 4) is 72.4 Å². The lowest BCUT2D eigenvalue weighted by Gasteiger charge is -2.46. The zero-order valence-corrected chi connectivity index (χ0v) is 52.3. The molecule has 1 aromatic heterocycles. The number of hydrogen-bond donors (Lipinski definition) is 0. The predicted octanol–water partition coefficient (Wildman–Crippen LogP) is 20.9. The Morgan fingerprint density at radius 1 is 0.229 bits per heavy atom. The minimum Gasteiger partial charge on any atom is -0.311 e. The van der Waals surface area contributed by atoms with Gasteiger partial charge < -0.3 is 14.4 Å². The highest BCUT2D eigenvalue weighted by molar-refractivity contribution is 7.00. The average molecular weight is 1210 g/mol. The first-order chi connectivity index (χ1) is 47.7. The summed E-state index contributed by atoms with van der Waals surface area (Å²) in [6, 6.07) is 130. The van der Waals surface area contributed by atoms with E-state index < -0.39 is 10.8 Å². The number of fused-ring (bicyclic) bond motifs is 27. The first kappa shape index (κ1) is 52.3. The summed E-state index contributed by atoms with van der Waals surface area (Å²) in [6.45, 7) is -0.235. The number of benzene rings is 15. The van der Waals surface area contributed by atoms with Gasteiger partial charge in [0.1, 0.15) is 0 Å². The molecule has 0 saturated carbocycles. The number of para-hydroxylation sites is 2. The summed E-state index contributed by atoms with van der Waals surface area (Å²) < 4.78 is 2.54. The molecular formula is C92H56BN3. The van der Waals surface area contributed by atoms with Crippen molar-refractivity contribution in [2.24, 2.45) is 0 Å². The van der Waals surface area contributed by atoms with Gasteiger partial charge in [0.25, 0.3) is 6.71 Å². The fourth-order valence-electron chi connectivity index (χ4n) is 19.0. The molecule has 2 spiro atoms. The molecule has 0 atom stereocenters. The van der Waals surface area contributed by atoms with Crippen molar-refractivity contribution in [1.29, 1.82) is 0 Å². The van der Waals surface area contributed by atoms with E-state index in [1.54, 1.807) is 0 Å². The van der Waals surface area contributed by atoms with Crippen LogP contribution in [0.5, 0.6) is 0 Å². The summed E-state index contributed by atoms with van der Waals surface area (Å²) in [6.07, 6.45) is 0. The van der Waals surface area contributed by atoms with Crippen molar-refractivity contribution in [1.82, 2.24) is 4.57 Å². The molecule has 0 saturated heterocycles. The van der Waals surface area contributed by atoms with Crippen LogP contribution in [0.15, 0.2) is 340 Å². The van der Waals surface area contributed by atoms with Gasteiger partial charge in [-0.1, -0.05) is 285 Å². The van der Waals surface area contributed by atoms with Crippen LogP contribution in [-0.2, 0) is 10.8 Å².